The van der Waals surface area contributed by atoms with Crippen LogP contribution in [0.25, 0.3) is 0 Å². The van der Waals surface area contributed by atoms with Crippen LogP contribution in [-0.2, 0) is 4.43 Å². The summed E-state index contributed by atoms with van der Waals surface area (Å²) >= 11 is 0. The van der Waals surface area contributed by atoms with E-state index in [1.165, 1.54) is 0 Å². The Morgan fingerprint density at radius 2 is 1.47 bits per heavy atom. The molecule has 0 fully saturated rings. The minimum atomic E-state index is -1.65. The molecule has 0 aromatic heterocycles. The lowest BCUT2D eigenvalue weighted by atomic mass is 10.4. The van der Waals surface area contributed by atoms with Gasteiger partial charge in [-0.05, 0) is 23.0 Å². The van der Waals surface area contributed by atoms with E-state index < -0.39 is 8.32 Å². The fraction of sp³-hybridized carbons (Fsp3) is 0.733. The van der Waals surface area contributed by atoms with Crippen molar-refractivity contribution in [3.05, 3.63) is 24.8 Å². The molecule has 0 saturated carbocycles. The molecule has 0 spiro atoms. The fourth-order valence-electron chi connectivity index (χ4n) is 3.00. The van der Waals surface area contributed by atoms with Crippen molar-refractivity contribution in [2.24, 2.45) is 0 Å². The van der Waals surface area contributed by atoms with Gasteiger partial charge >= 0.3 is 0 Å². The zero-order valence-electron chi connectivity index (χ0n) is 12.5. The maximum atomic E-state index is 6.41. The SMILES string of the molecule is C=C/C=C/CCO[Si](C(C)C)(C(C)C)C(C)C. The second-order valence-corrected chi connectivity index (χ2v) is 11.1. The fourth-order valence-corrected chi connectivity index (χ4v) is 8.47. The van der Waals surface area contributed by atoms with Crippen LogP contribution < -0.4 is 0 Å². The number of allylic oxidation sites excluding steroid dienone is 2. The van der Waals surface area contributed by atoms with E-state index in [4.69, 9.17) is 4.43 Å². The van der Waals surface area contributed by atoms with E-state index in [9.17, 15) is 0 Å². The molecular formula is C15H30OSi. The molecule has 17 heavy (non-hydrogen) atoms. The van der Waals surface area contributed by atoms with E-state index in [-0.39, 0.29) is 0 Å². The Hall–Kier alpha value is -0.343. The highest BCUT2D eigenvalue weighted by Gasteiger charge is 2.44. The first-order valence-corrected chi connectivity index (χ1v) is 8.95. The Kier molecular flexibility index (Phi) is 7.72. The van der Waals surface area contributed by atoms with Crippen molar-refractivity contribution in [1.82, 2.24) is 0 Å². The maximum Gasteiger partial charge on any atom is 0.200 e. The second kappa shape index (κ2) is 7.88. The maximum absolute atomic E-state index is 6.41. The Bertz CT molecular complexity index is 220. The zero-order valence-corrected chi connectivity index (χ0v) is 13.5. The van der Waals surface area contributed by atoms with Crippen LogP contribution in [0.4, 0.5) is 0 Å². The molecule has 0 aliphatic rings. The van der Waals surface area contributed by atoms with Crippen LogP contribution in [0.5, 0.6) is 0 Å². The molecule has 0 aromatic carbocycles. The van der Waals surface area contributed by atoms with Crippen molar-refractivity contribution in [2.45, 2.75) is 64.6 Å². The summed E-state index contributed by atoms with van der Waals surface area (Å²) in [5.41, 5.74) is 2.02. The Morgan fingerprint density at radius 3 is 1.82 bits per heavy atom. The minimum absolute atomic E-state index is 0.672. The van der Waals surface area contributed by atoms with Gasteiger partial charge in [0.1, 0.15) is 0 Å². The van der Waals surface area contributed by atoms with E-state index in [1.807, 2.05) is 12.2 Å². The van der Waals surface area contributed by atoms with Gasteiger partial charge in [-0.2, -0.15) is 0 Å². The second-order valence-electron chi connectivity index (χ2n) is 5.62. The molecule has 1 nitrogen and oxygen atoms in total. The Labute approximate surface area is 109 Å². The molecule has 0 radical (unpaired) electrons. The van der Waals surface area contributed by atoms with Crippen molar-refractivity contribution >= 4 is 8.32 Å². The summed E-state index contributed by atoms with van der Waals surface area (Å²) in [6.45, 7) is 18.5. The van der Waals surface area contributed by atoms with Crippen LogP contribution in [-0.4, -0.2) is 14.9 Å². The number of hydrogen-bond acceptors (Lipinski definition) is 1. The van der Waals surface area contributed by atoms with Gasteiger partial charge in [0.15, 0.2) is 8.32 Å². The average molecular weight is 254 g/mol. The molecule has 0 atom stereocenters. The summed E-state index contributed by atoms with van der Waals surface area (Å²) in [5.74, 6) is 0. The molecule has 0 rings (SSSR count). The Morgan fingerprint density at radius 1 is 1.00 bits per heavy atom. The van der Waals surface area contributed by atoms with Crippen LogP contribution in [0.3, 0.4) is 0 Å². The highest BCUT2D eigenvalue weighted by molar-refractivity contribution is 6.77. The molecule has 0 amide bonds. The van der Waals surface area contributed by atoms with Gasteiger partial charge < -0.3 is 4.43 Å². The number of rotatable bonds is 8. The van der Waals surface area contributed by atoms with Gasteiger partial charge in [-0.1, -0.05) is 66.3 Å². The monoisotopic (exact) mass is 254 g/mol. The molecule has 0 aliphatic carbocycles. The van der Waals surface area contributed by atoms with E-state index in [2.05, 4.69) is 54.2 Å². The smallest absolute Gasteiger partial charge is 0.200 e. The van der Waals surface area contributed by atoms with E-state index in [0.29, 0.717) is 16.6 Å². The third-order valence-electron chi connectivity index (χ3n) is 3.62. The third kappa shape index (κ3) is 4.44. The quantitative estimate of drug-likeness (QED) is 0.324. The summed E-state index contributed by atoms with van der Waals surface area (Å²) < 4.78 is 6.41. The van der Waals surface area contributed by atoms with Crippen molar-refractivity contribution in [3.63, 3.8) is 0 Å². The lowest BCUT2D eigenvalue weighted by molar-refractivity contribution is 0.284. The van der Waals surface area contributed by atoms with Gasteiger partial charge in [0.2, 0.25) is 0 Å². The van der Waals surface area contributed by atoms with Gasteiger partial charge in [0.25, 0.3) is 0 Å². The molecule has 0 aliphatic heterocycles. The Balaban J connectivity index is 4.59. The van der Waals surface area contributed by atoms with Crippen molar-refractivity contribution in [3.8, 4) is 0 Å². The van der Waals surface area contributed by atoms with E-state index >= 15 is 0 Å². The molecule has 0 unspecified atom stereocenters. The van der Waals surface area contributed by atoms with Gasteiger partial charge in [0, 0.05) is 6.61 Å². The highest BCUT2D eigenvalue weighted by atomic mass is 28.4. The summed E-state index contributed by atoms with van der Waals surface area (Å²) in [7, 11) is -1.65. The first kappa shape index (κ1) is 16.7. The van der Waals surface area contributed by atoms with Gasteiger partial charge in [-0.3, -0.25) is 0 Å². The molecule has 0 bridgehead atoms. The van der Waals surface area contributed by atoms with Crippen molar-refractivity contribution in [1.29, 1.82) is 0 Å². The third-order valence-corrected chi connectivity index (χ3v) is 9.73. The number of hydrogen-bond donors (Lipinski definition) is 0. The summed E-state index contributed by atoms with van der Waals surface area (Å²) in [6.07, 6.45) is 6.94. The van der Waals surface area contributed by atoms with Gasteiger partial charge in [-0.25, -0.2) is 0 Å². The van der Waals surface area contributed by atoms with Crippen LogP contribution in [0.2, 0.25) is 16.6 Å². The summed E-state index contributed by atoms with van der Waals surface area (Å²) in [4.78, 5) is 0. The predicted molar refractivity (Wildman–Crippen MR) is 81.0 cm³/mol. The standard InChI is InChI=1S/C15H30OSi/c1-8-9-10-11-12-16-17(13(2)3,14(4)5)15(6)7/h8-10,13-15H,1,11-12H2,2-7H3/b10-9+. The topological polar surface area (TPSA) is 9.23 Å². The largest absolute Gasteiger partial charge is 0.416 e. The van der Waals surface area contributed by atoms with Crippen molar-refractivity contribution < 1.29 is 4.43 Å². The molecule has 2 heteroatoms. The first-order valence-electron chi connectivity index (χ1n) is 6.81. The van der Waals surface area contributed by atoms with E-state index in [1.54, 1.807) is 0 Å². The predicted octanol–water partition coefficient (Wildman–Crippen LogP) is 5.31. The van der Waals surface area contributed by atoms with E-state index in [0.717, 1.165) is 13.0 Å². The van der Waals surface area contributed by atoms with Crippen LogP contribution in [0, 0.1) is 0 Å². The molecule has 0 heterocycles. The lowest BCUT2D eigenvalue weighted by Gasteiger charge is -2.42. The van der Waals surface area contributed by atoms with Gasteiger partial charge in [-0.15, -0.1) is 0 Å². The van der Waals surface area contributed by atoms with Gasteiger partial charge in [0.05, 0.1) is 0 Å². The minimum Gasteiger partial charge on any atom is -0.416 e. The van der Waals surface area contributed by atoms with Crippen LogP contribution >= 0.6 is 0 Å². The summed E-state index contributed by atoms with van der Waals surface area (Å²) in [6, 6.07) is 0. The zero-order chi connectivity index (χ0) is 13.5. The normalized spacial score (nSPS) is 13.2. The first-order chi connectivity index (χ1) is 7.89. The van der Waals surface area contributed by atoms with Crippen molar-refractivity contribution in [2.75, 3.05) is 6.61 Å². The average Bonchev–Trinajstić information content (AvgIpc) is 2.21. The molecule has 0 aromatic rings. The molecule has 0 N–H and O–H groups in total. The summed E-state index contributed by atoms with van der Waals surface area (Å²) in [5, 5.41) is 0. The molecular weight excluding hydrogens is 224 g/mol. The van der Waals surface area contributed by atoms with Crippen LogP contribution in [0.15, 0.2) is 24.8 Å². The molecule has 100 valence electrons. The van der Waals surface area contributed by atoms with Crippen LogP contribution in [0.1, 0.15) is 48.0 Å². The highest BCUT2D eigenvalue weighted by Crippen LogP contribution is 2.42. The lowest BCUT2D eigenvalue weighted by Crippen LogP contribution is -2.47. The molecule has 0 saturated heterocycles.